The fourth-order valence-electron chi connectivity index (χ4n) is 2.24. The Hall–Kier alpha value is -1.31. The largest absolute Gasteiger partial charge is 0.315 e. The number of likely N-dealkylation sites (N-methyl/N-ethyl adjacent to an activating group) is 1. The number of hydrogen-bond acceptors (Lipinski definition) is 1. The minimum atomic E-state index is -0.373. The maximum Gasteiger partial charge on any atom is 0.236 e. The van der Waals surface area contributed by atoms with Crippen LogP contribution in [0, 0.1) is 5.41 Å². The molecule has 0 spiro atoms. The second kappa shape index (κ2) is 3.09. The van der Waals surface area contributed by atoms with E-state index >= 15 is 0 Å². The van der Waals surface area contributed by atoms with Crippen LogP contribution in [-0.4, -0.2) is 17.9 Å². The number of rotatable bonds is 0. The number of likely N-dealkylation sites (tertiary alicyclic amines) is 1. The molecule has 1 aliphatic heterocycles. The van der Waals surface area contributed by atoms with Crippen molar-refractivity contribution >= 4 is 5.91 Å². The zero-order valence-corrected chi connectivity index (χ0v) is 9.79. The molecule has 2 rings (SSSR count). The van der Waals surface area contributed by atoms with Gasteiger partial charge in [0.1, 0.15) is 0 Å². The maximum atomic E-state index is 12.0. The van der Waals surface area contributed by atoms with Crippen molar-refractivity contribution in [2.24, 2.45) is 5.41 Å². The summed E-state index contributed by atoms with van der Waals surface area (Å²) in [6.45, 7) is 6.10. The monoisotopic (exact) mass is 203 g/mol. The average Bonchev–Trinajstić information content (AvgIpc) is 2.36. The van der Waals surface area contributed by atoms with Gasteiger partial charge in [-0.3, -0.25) is 4.79 Å². The van der Waals surface area contributed by atoms with E-state index in [1.807, 2.05) is 20.9 Å². The molecular formula is C13H17NO. The molecule has 0 atom stereocenters. The topological polar surface area (TPSA) is 20.3 Å². The summed E-state index contributed by atoms with van der Waals surface area (Å²) in [7, 11) is 1.86. The van der Waals surface area contributed by atoms with Crippen molar-refractivity contribution < 1.29 is 4.79 Å². The summed E-state index contributed by atoms with van der Waals surface area (Å²) in [6, 6.07) is 0. The van der Waals surface area contributed by atoms with Gasteiger partial charge in [-0.1, -0.05) is 23.8 Å². The Balaban J connectivity index is 2.57. The zero-order valence-electron chi connectivity index (χ0n) is 9.79. The van der Waals surface area contributed by atoms with E-state index in [1.165, 1.54) is 5.57 Å². The van der Waals surface area contributed by atoms with Gasteiger partial charge in [-0.2, -0.15) is 0 Å². The summed E-state index contributed by atoms with van der Waals surface area (Å²) < 4.78 is 0. The van der Waals surface area contributed by atoms with Crippen LogP contribution in [0.3, 0.4) is 0 Å². The molecule has 1 saturated heterocycles. The highest BCUT2D eigenvalue weighted by Gasteiger charge is 2.44. The first-order valence-electron chi connectivity index (χ1n) is 5.31. The summed E-state index contributed by atoms with van der Waals surface area (Å²) >= 11 is 0. The minimum Gasteiger partial charge on any atom is -0.315 e. The molecule has 15 heavy (non-hydrogen) atoms. The predicted molar refractivity (Wildman–Crippen MR) is 61.1 cm³/mol. The molecule has 2 nitrogen and oxygen atoms in total. The Bertz CT molecular complexity index is 410. The van der Waals surface area contributed by atoms with Crippen molar-refractivity contribution in [1.29, 1.82) is 0 Å². The van der Waals surface area contributed by atoms with E-state index in [1.54, 1.807) is 4.90 Å². The average molecular weight is 203 g/mol. The Kier molecular flexibility index (Phi) is 2.10. The second-order valence-electron chi connectivity index (χ2n) is 4.88. The van der Waals surface area contributed by atoms with Crippen molar-refractivity contribution in [3.63, 3.8) is 0 Å². The molecule has 0 N–H and O–H groups in total. The third kappa shape index (κ3) is 1.36. The minimum absolute atomic E-state index is 0.188. The van der Waals surface area contributed by atoms with Crippen LogP contribution in [-0.2, 0) is 4.79 Å². The highest BCUT2D eigenvalue weighted by molar-refractivity contribution is 5.93. The van der Waals surface area contributed by atoms with Crippen LogP contribution in [0.1, 0.15) is 27.2 Å². The van der Waals surface area contributed by atoms with Gasteiger partial charge in [0.15, 0.2) is 0 Å². The summed E-state index contributed by atoms with van der Waals surface area (Å²) in [5.41, 5.74) is 3.19. The van der Waals surface area contributed by atoms with Crippen LogP contribution in [0.4, 0.5) is 0 Å². The van der Waals surface area contributed by atoms with E-state index in [-0.39, 0.29) is 11.3 Å². The van der Waals surface area contributed by atoms with Crippen molar-refractivity contribution in [3.8, 4) is 0 Å². The zero-order chi connectivity index (χ0) is 11.2. The van der Waals surface area contributed by atoms with E-state index in [0.717, 1.165) is 17.7 Å². The lowest BCUT2D eigenvalue weighted by Crippen LogP contribution is -2.27. The maximum absolute atomic E-state index is 12.0. The molecule has 80 valence electrons. The molecule has 0 aromatic heterocycles. The molecule has 0 aromatic rings. The lowest BCUT2D eigenvalue weighted by atomic mass is 9.85. The van der Waals surface area contributed by atoms with Gasteiger partial charge in [-0.15, -0.1) is 0 Å². The normalized spacial score (nSPS) is 24.1. The van der Waals surface area contributed by atoms with Crippen LogP contribution in [0.25, 0.3) is 0 Å². The molecule has 2 heteroatoms. The number of carbonyl (C=O) groups excluding carboxylic acids is 1. The number of amides is 1. The predicted octanol–water partition coefficient (Wildman–Crippen LogP) is 2.64. The van der Waals surface area contributed by atoms with Crippen molar-refractivity contribution in [3.05, 3.63) is 35.1 Å². The number of fused-ring (bicyclic) bond motifs is 1. The van der Waals surface area contributed by atoms with Crippen LogP contribution >= 0.6 is 0 Å². The molecule has 1 heterocycles. The van der Waals surface area contributed by atoms with Crippen LogP contribution in [0.15, 0.2) is 35.1 Å². The number of allylic oxidation sites excluding steroid dienone is 5. The van der Waals surface area contributed by atoms with Gasteiger partial charge in [0.05, 0.1) is 5.41 Å². The molecule has 1 fully saturated rings. The number of carbonyl (C=O) groups is 1. The molecule has 2 aliphatic rings. The number of nitrogens with zero attached hydrogens (tertiary/aromatic N) is 1. The summed E-state index contributed by atoms with van der Waals surface area (Å²) in [5.74, 6) is 0.188. The van der Waals surface area contributed by atoms with Crippen LogP contribution in [0.2, 0.25) is 0 Å². The summed E-state index contributed by atoms with van der Waals surface area (Å²) in [4.78, 5) is 13.8. The van der Waals surface area contributed by atoms with Crippen LogP contribution in [0.5, 0.6) is 0 Å². The lowest BCUT2D eigenvalue weighted by Gasteiger charge is -2.15. The van der Waals surface area contributed by atoms with E-state index in [9.17, 15) is 4.79 Å². The first kappa shape index (κ1) is 10.2. The van der Waals surface area contributed by atoms with Crippen molar-refractivity contribution in [1.82, 2.24) is 4.90 Å². The third-order valence-corrected chi connectivity index (χ3v) is 3.30. The molecule has 0 bridgehead atoms. The van der Waals surface area contributed by atoms with Gasteiger partial charge in [0.2, 0.25) is 5.91 Å². The quantitative estimate of drug-likeness (QED) is 0.592. The van der Waals surface area contributed by atoms with Crippen molar-refractivity contribution in [2.75, 3.05) is 7.05 Å². The SMILES string of the molecule is CC1=CC=C2C(=CC1)N(C)C(=O)C2(C)C. The van der Waals surface area contributed by atoms with Gasteiger partial charge in [-0.25, -0.2) is 0 Å². The Morgan fingerprint density at radius 2 is 2.00 bits per heavy atom. The van der Waals surface area contributed by atoms with E-state index in [0.29, 0.717) is 0 Å². The molecule has 0 unspecified atom stereocenters. The third-order valence-electron chi connectivity index (χ3n) is 3.30. The van der Waals surface area contributed by atoms with E-state index in [4.69, 9.17) is 0 Å². The molecule has 1 aliphatic carbocycles. The van der Waals surface area contributed by atoms with Gasteiger partial charge in [0, 0.05) is 12.7 Å². The fraction of sp³-hybridized carbons (Fsp3) is 0.462. The van der Waals surface area contributed by atoms with Gasteiger partial charge >= 0.3 is 0 Å². The first-order chi connectivity index (χ1) is 6.94. The summed E-state index contributed by atoms with van der Waals surface area (Å²) in [5, 5.41) is 0. The smallest absolute Gasteiger partial charge is 0.236 e. The Morgan fingerprint density at radius 3 is 2.67 bits per heavy atom. The fourth-order valence-corrected chi connectivity index (χ4v) is 2.24. The number of hydrogen-bond donors (Lipinski definition) is 0. The highest BCUT2D eigenvalue weighted by atomic mass is 16.2. The molecule has 0 radical (unpaired) electrons. The Labute approximate surface area is 91.0 Å². The second-order valence-corrected chi connectivity index (χ2v) is 4.88. The first-order valence-corrected chi connectivity index (χ1v) is 5.31. The summed E-state index contributed by atoms with van der Waals surface area (Å²) in [6.07, 6.45) is 7.29. The Morgan fingerprint density at radius 1 is 1.33 bits per heavy atom. The molecule has 0 aromatic carbocycles. The van der Waals surface area contributed by atoms with E-state index < -0.39 is 0 Å². The van der Waals surface area contributed by atoms with E-state index in [2.05, 4.69) is 25.2 Å². The van der Waals surface area contributed by atoms with Crippen LogP contribution < -0.4 is 0 Å². The molecule has 1 amide bonds. The standard InChI is InChI=1S/C13H17NO/c1-9-5-7-10-11(8-6-9)14(4)12(15)13(10,2)3/h5,7-8H,6H2,1-4H3. The molecule has 0 saturated carbocycles. The van der Waals surface area contributed by atoms with Gasteiger partial charge < -0.3 is 4.90 Å². The highest BCUT2D eigenvalue weighted by Crippen LogP contribution is 2.43. The molecular weight excluding hydrogens is 186 g/mol. The van der Waals surface area contributed by atoms with Gasteiger partial charge in [-0.05, 0) is 32.8 Å². The van der Waals surface area contributed by atoms with Crippen molar-refractivity contribution in [2.45, 2.75) is 27.2 Å². The van der Waals surface area contributed by atoms with Gasteiger partial charge in [0.25, 0.3) is 0 Å². The lowest BCUT2D eigenvalue weighted by molar-refractivity contribution is -0.132.